The van der Waals surface area contributed by atoms with Gasteiger partial charge in [0.25, 0.3) is 0 Å². The highest BCUT2D eigenvalue weighted by atomic mass is 16.5. The summed E-state index contributed by atoms with van der Waals surface area (Å²) in [6.07, 6.45) is 0.637. The van der Waals surface area contributed by atoms with Crippen LogP contribution >= 0.6 is 0 Å². The fraction of sp³-hybridized carbons (Fsp3) is 0.263. The number of methoxy groups -OCH3 is 1. The third-order valence-corrected chi connectivity index (χ3v) is 4.92. The highest BCUT2D eigenvalue weighted by molar-refractivity contribution is 6.10. The van der Waals surface area contributed by atoms with Crippen LogP contribution < -0.4 is 9.64 Å². The molecule has 0 saturated heterocycles. The molecule has 1 aliphatic carbocycles. The van der Waals surface area contributed by atoms with E-state index in [0.29, 0.717) is 13.0 Å². The molecule has 2 aromatic rings. The van der Waals surface area contributed by atoms with Crippen LogP contribution in [-0.4, -0.2) is 13.0 Å². The molecule has 2 aromatic carbocycles. The molecule has 0 radical (unpaired) electrons. The number of ether oxygens (including phenoxy) is 1. The summed E-state index contributed by atoms with van der Waals surface area (Å²) < 4.78 is 5.17. The van der Waals surface area contributed by atoms with E-state index in [1.807, 2.05) is 53.4 Å². The maximum Gasteiger partial charge on any atom is 0.239 e. The number of para-hydroxylation sites is 1. The first-order valence-electron chi connectivity index (χ1n) is 7.64. The number of benzene rings is 2. The summed E-state index contributed by atoms with van der Waals surface area (Å²) >= 11 is 0. The van der Waals surface area contributed by atoms with E-state index in [4.69, 9.17) is 4.74 Å². The van der Waals surface area contributed by atoms with Gasteiger partial charge in [-0.1, -0.05) is 30.3 Å². The number of carbonyl (C=O) groups excluding carboxylic acids is 1. The molecule has 4 nitrogen and oxygen atoms in total. The van der Waals surface area contributed by atoms with Gasteiger partial charge in [0.15, 0.2) is 0 Å². The molecule has 23 heavy (non-hydrogen) atoms. The first-order valence-corrected chi connectivity index (χ1v) is 7.64. The fourth-order valence-corrected chi connectivity index (χ4v) is 3.58. The van der Waals surface area contributed by atoms with Crippen LogP contribution in [0, 0.1) is 17.2 Å². The van der Waals surface area contributed by atoms with E-state index in [2.05, 4.69) is 6.07 Å². The standard InChI is InChI=1S/C19H16N2O2/c1-23-15-8-6-13(7-9-15)12-21-17-5-3-2-4-16(17)19(18(21)22)10-14(19)11-20/h2-9,14H,10,12H2,1H3/t14-,19-/m1/s1. The van der Waals surface area contributed by atoms with Crippen LogP contribution in [0.1, 0.15) is 17.5 Å². The first-order chi connectivity index (χ1) is 11.2. The second-order valence-electron chi connectivity index (χ2n) is 6.11. The third-order valence-electron chi connectivity index (χ3n) is 4.92. The minimum absolute atomic E-state index is 0.0565. The monoisotopic (exact) mass is 304 g/mol. The molecule has 4 rings (SSSR count). The molecule has 0 unspecified atom stereocenters. The Morgan fingerprint density at radius 3 is 2.65 bits per heavy atom. The SMILES string of the molecule is COc1ccc(CN2C(=O)[C@@]3(C[C@@H]3C#N)c3ccccc32)cc1. The number of rotatable bonds is 3. The van der Waals surface area contributed by atoms with Crippen molar-refractivity contribution in [3.63, 3.8) is 0 Å². The van der Waals surface area contributed by atoms with Crippen molar-refractivity contribution >= 4 is 11.6 Å². The highest BCUT2D eigenvalue weighted by Crippen LogP contribution is 2.61. The largest absolute Gasteiger partial charge is 0.497 e. The molecular formula is C19H16N2O2. The second-order valence-corrected chi connectivity index (χ2v) is 6.11. The number of anilines is 1. The average Bonchev–Trinajstić information content (AvgIpc) is 3.30. The van der Waals surface area contributed by atoms with E-state index in [0.717, 1.165) is 22.6 Å². The molecule has 2 aliphatic rings. The van der Waals surface area contributed by atoms with Crippen LogP contribution in [0.15, 0.2) is 48.5 Å². The normalized spacial score (nSPS) is 24.4. The Labute approximate surface area is 134 Å². The Hall–Kier alpha value is -2.80. The van der Waals surface area contributed by atoms with Gasteiger partial charge in [-0.25, -0.2) is 0 Å². The van der Waals surface area contributed by atoms with Gasteiger partial charge in [0.2, 0.25) is 5.91 Å². The lowest BCUT2D eigenvalue weighted by Crippen LogP contribution is -2.32. The van der Waals surface area contributed by atoms with Crippen molar-refractivity contribution in [3.05, 3.63) is 59.7 Å². The van der Waals surface area contributed by atoms with Crippen molar-refractivity contribution in [2.75, 3.05) is 12.0 Å². The Morgan fingerprint density at radius 1 is 1.26 bits per heavy atom. The van der Waals surface area contributed by atoms with Crippen LogP contribution in [0.3, 0.4) is 0 Å². The zero-order chi connectivity index (χ0) is 16.0. The van der Waals surface area contributed by atoms with Crippen LogP contribution in [0.5, 0.6) is 5.75 Å². The molecule has 1 aliphatic heterocycles. The number of hydrogen-bond acceptors (Lipinski definition) is 3. The van der Waals surface area contributed by atoms with Gasteiger partial charge in [-0.2, -0.15) is 5.26 Å². The van der Waals surface area contributed by atoms with Crippen molar-refractivity contribution in [1.82, 2.24) is 0 Å². The summed E-state index contributed by atoms with van der Waals surface area (Å²) in [4.78, 5) is 14.8. The van der Waals surface area contributed by atoms with E-state index in [1.165, 1.54) is 0 Å². The summed E-state index contributed by atoms with van der Waals surface area (Å²) in [7, 11) is 1.63. The van der Waals surface area contributed by atoms with E-state index in [-0.39, 0.29) is 11.8 Å². The quantitative estimate of drug-likeness (QED) is 0.876. The molecule has 114 valence electrons. The molecule has 1 heterocycles. The van der Waals surface area contributed by atoms with Gasteiger partial charge < -0.3 is 9.64 Å². The van der Waals surface area contributed by atoms with Crippen molar-refractivity contribution in [2.45, 2.75) is 18.4 Å². The number of nitrogens with zero attached hydrogens (tertiary/aromatic N) is 2. The summed E-state index contributed by atoms with van der Waals surface area (Å²) in [6.45, 7) is 0.514. The molecule has 0 N–H and O–H groups in total. The maximum atomic E-state index is 13.0. The lowest BCUT2D eigenvalue weighted by molar-refractivity contribution is -0.120. The van der Waals surface area contributed by atoms with Gasteiger partial charge in [-0.05, 0) is 35.7 Å². The summed E-state index contributed by atoms with van der Waals surface area (Å²) in [5.74, 6) is 0.656. The minimum Gasteiger partial charge on any atom is -0.497 e. The van der Waals surface area contributed by atoms with Crippen molar-refractivity contribution in [2.24, 2.45) is 5.92 Å². The van der Waals surface area contributed by atoms with Gasteiger partial charge in [0.1, 0.15) is 5.75 Å². The highest BCUT2D eigenvalue weighted by Gasteiger charge is 2.67. The van der Waals surface area contributed by atoms with Crippen LogP contribution in [0.4, 0.5) is 5.69 Å². The molecule has 1 saturated carbocycles. The van der Waals surface area contributed by atoms with Crippen molar-refractivity contribution in [3.8, 4) is 11.8 Å². The summed E-state index contributed by atoms with van der Waals surface area (Å²) in [5, 5.41) is 9.27. The van der Waals surface area contributed by atoms with E-state index in [9.17, 15) is 10.1 Å². The fourth-order valence-electron chi connectivity index (χ4n) is 3.58. The zero-order valence-electron chi connectivity index (χ0n) is 12.8. The molecule has 4 heteroatoms. The van der Waals surface area contributed by atoms with Gasteiger partial charge in [0, 0.05) is 5.69 Å². The average molecular weight is 304 g/mol. The maximum absolute atomic E-state index is 13.0. The van der Waals surface area contributed by atoms with Crippen molar-refractivity contribution < 1.29 is 9.53 Å². The van der Waals surface area contributed by atoms with Gasteiger partial charge in [-0.15, -0.1) is 0 Å². The van der Waals surface area contributed by atoms with E-state index < -0.39 is 5.41 Å². The van der Waals surface area contributed by atoms with Gasteiger partial charge in [-0.3, -0.25) is 4.79 Å². The second kappa shape index (κ2) is 4.85. The minimum atomic E-state index is -0.599. The molecule has 1 fully saturated rings. The lowest BCUT2D eigenvalue weighted by Gasteiger charge is -2.18. The number of fused-ring (bicyclic) bond motifs is 2. The third kappa shape index (κ3) is 1.86. The van der Waals surface area contributed by atoms with Crippen LogP contribution in [-0.2, 0) is 16.8 Å². The zero-order valence-corrected chi connectivity index (χ0v) is 12.8. The topological polar surface area (TPSA) is 53.3 Å². The smallest absolute Gasteiger partial charge is 0.239 e. The number of carbonyl (C=O) groups is 1. The van der Waals surface area contributed by atoms with Gasteiger partial charge >= 0.3 is 0 Å². The first kappa shape index (κ1) is 13.8. The predicted molar refractivity (Wildman–Crippen MR) is 86.0 cm³/mol. The molecule has 2 atom stereocenters. The molecule has 1 amide bonds. The Kier molecular flexibility index (Phi) is 2.92. The molecular weight excluding hydrogens is 288 g/mol. The summed E-state index contributed by atoms with van der Waals surface area (Å²) in [6, 6.07) is 17.8. The van der Waals surface area contributed by atoms with Crippen LogP contribution in [0.2, 0.25) is 0 Å². The Bertz CT molecular complexity index is 822. The predicted octanol–water partition coefficient (Wildman–Crippen LogP) is 3.02. The van der Waals surface area contributed by atoms with E-state index in [1.54, 1.807) is 7.11 Å². The van der Waals surface area contributed by atoms with Crippen LogP contribution in [0.25, 0.3) is 0 Å². The number of nitriles is 1. The number of hydrogen-bond donors (Lipinski definition) is 0. The summed E-state index contributed by atoms with van der Waals surface area (Å²) in [5.41, 5.74) is 2.38. The molecule has 1 spiro atoms. The lowest BCUT2D eigenvalue weighted by atomic mass is 9.95. The molecule has 0 bridgehead atoms. The van der Waals surface area contributed by atoms with Gasteiger partial charge in [0.05, 0.1) is 31.1 Å². The van der Waals surface area contributed by atoms with Crippen molar-refractivity contribution in [1.29, 1.82) is 5.26 Å². The Balaban J connectivity index is 1.69. The number of amides is 1. The Morgan fingerprint density at radius 2 is 2.00 bits per heavy atom. The molecule has 0 aromatic heterocycles. The van der Waals surface area contributed by atoms with E-state index >= 15 is 0 Å².